The average molecular weight is 303 g/mol. The normalized spacial score (nSPS) is 27.0. The van der Waals surface area contributed by atoms with E-state index in [1.165, 1.54) is 17.5 Å². The van der Waals surface area contributed by atoms with Crippen LogP contribution in [0.5, 0.6) is 5.75 Å². The van der Waals surface area contributed by atoms with Crippen LogP contribution in [0.2, 0.25) is 0 Å². The number of nitrogens with one attached hydrogen (secondary N) is 2. The summed E-state index contributed by atoms with van der Waals surface area (Å²) in [6, 6.07) is 6.62. The van der Waals surface area contributed by atoms with Gasteiger partial charge in [0, 0.05) is 13.6 Å². The highest BCUT2D eigenvalue weighted by Gasteiger charge is 2.41. The lowest BCUT2D eigenvalue weighted by atomic mass is 9.96. The Morgan fingerprint density at radius 2 is 2.23 bits per heavy atom. The zero-order valence-corrected chi connectivity index (χ0v) is 13.6. The maximum atomic E-state index is 5.88. The number of benzene rings is 1. The van der Waals surface area contributed by atoms with Gasteiger partial charge in [-0.2, -0.15) is 0 Å². The second-order valence-corrected chi connectivity index (χ2v) is 6.14. The summed E-state index contributed by atoms with van der Waals surface area (Å²) in [5.41, 5.74) is 2.38. The number of aryl methyl sites for hydroxylation is 1. The van der Waals surface area contributed by atoms with Crippen molar-refractivity contribution < 1.29 is 9.47 Å². The molecule has 120 valence electrons. The van der Waals surface area contributed by atoms with Crippen LogP contribution >= 0.6 is 0 Å². The predicted octanol–water partition coefficient (Wildman–Crippen LogP) is 1.99. The van der Waals surface area contributed by atoms with Gasteiger partial charge in [0.15, 0.2) is 5.96 Å². The van der Waals surface area contributed by atoms with Crippen LogP contribution in [0.15, 0.2) is 23.2 Å². The number of ether oxygens (including phenoxy) is 2. The van der Waals surface area contributed by atoms with E-state index in [-0.39, 0.29) is 0 Å². The van der Waals surface area contributed by atoms with Crippen LogP contribution in [0.1, 0.15) is 30.4 Å². The van der Waals surface area contributed by atoms with Gasteiger partial charge in [0.2, 0.25) is 0 Å². The predicted molar refractivity (Wildman–Crippen MR) is 87.4 cm³/mol. The SMILES string of the molecule is CN=C(NCc1cc(C)cc(OC)c1)NC1CC2CCC1O2. The summed E-state index contributed by atoms with van der Waals surface area (Å²) in [6.45, 7) is 2.80. The van der Waals surface area contributed by atoms with Gasteiger partial charge in [0.25, 0.3) is 0 Å². The molecule has 2 saturated heterocycles. The van der Waals surface area contributed by atoms with Crippen molar-refractivity contribution in [3.05, 3.63) is 29.3 Å². The second-order valence-electron chi connectivity index (χ2n) is 6.14. The minimum atomic E-state index is 0.350. The van der Waals surface area contributed by atoms with Crippen molar-refractivity contribution in [3.8, 4) is 5.75 Å². The van der Waals surface area contributed by atoms with E-state index in [0.29, 0.717) is 18.2 Å². The summed E-state index contributed by atoms with van der Waals surface area (Å²) in [7, 11) is 3.50. The highest BCUT2D eigenvalue weighted by Crippen LogP contribution is 2.34. The standard InChI is InChI=1S/C17H25N3O2/c1-11-6-12(8-14(7-11)21-3)10-19-17(18-2)20-15-9-13-4-5-16(15)22-13/h6-8,13,15-16H,4-5,9-10H2,1-3H3,(H2,18,19,20). The molecule has 0 aromatic heterocycles. The lowest BCUT2D eigenvalue weighted by molar-refractivity contribution is 0.0992. The molecule has 0 spiro atoms. The van der Waals surface area contributed by atoms with Gasteiger partial charge in [-0.1, -0.05) is 6.07 Å². The zero-order chi connectivity index (χ0) is 15.5. The molecule has 1 aromatic rings. The third-order valence-electron chi connectivity index (χ3n) is 4.46. The van der Waals surface area contributed by atoms with E-state index >= 15 is 0 Å². The maximum absolute atomic E-state index is 5.88. The van der Waals surface area contributed by atoms with E-state index < -0.39 is 0 Å². The molecule has 2 bridgehead atoms. The van der Waals surface area contributed by atoms with Crippen LogP contribution in [-0.4, -0.2) is 38.4 Å². The fourth-order valence-corrected chi connectivity index (χ4v) is 3.39. The average Bonchev–Trinajstić information content (AvgIpc) is 3.13. The van der Waals surface area contributed by atoms with Crippen molar-refractivity contribution in [1.82, 2.24) is 10.6 Å². The molecular weight excluding hydrogens is 278 g/mol. The summed E-state index contributed by atoms with van der Waals surface area (Å²) >= 11 is 0. The van der Waals surface area contributed by atoms with Crippen molar-refractivity contribution >= 4 is 5.96 Å². The number of nitrogens with zero attached hydrogens (tertiary/aromatic N) is 1. The molecule has 3 unspecified atom stereocenters. The first-order valence-electron chi connectivity index (χ1n) is 7.95. The molecule has 2 fully saturated rings. The van der Waals surface area contributed by atoms with E-state index in [2.05, 4.69) is 28.6 Å². The van der Waals surface area contributed by atoms with Crippen molar-refractivity contribution in [2.75, 3.05) is 14.2 Å². The van der Waals surface area contributed by atoms with Gasteiger partial charge in [0.05, 0.1) is 25.4 Å². The topological polar surface area (TPSA) is 54.9 Å². The Kier molecular flexibility index (Phi) is 4.52. The van der Waals surface area contributed by atoms with Gasteiger partial charge in [-0.05, 0) is 49.4 Å². The Bertz CT molecular complexity index is 559. The van der Waals surface area contributed by atoms with E-state index in [1.807, 2.05) is 12.1 Å². The first-order chi connectivity index (χ1) is 10.7. The molecular formula is C17H25N3O2. The molecule has 22 heavy (non-hydrogen) atoms. The number of fused-ring (bicyclic) bond motifs is 2. The van der Waals surface area contributed by atoms with Gasteiger partial charge in [-0.25, -0.2) is 0 Å². The van der Waals surface area contributed by atoms with Crippen LogP contribution in [0.4, 0.5) is 0 Å². The summed E-state index contributed by atoms with van der Waals surface area (Å²) in [5.74, 6) is 1.72. The molecule has 5 heteroatoms. The molecule has 3 rings (SSSR count). The van der Waals surface area contributed by atoms with Crippen molar-refractivity contribution in [1.29, 1.82) is 0 Å². The highest BCUT2D eigenvalue weighted by molar-refractivity contribution is 5.80. The molecule has 2 N–H and O–H groups in total. The largest absolute Gasteiger partial charge is 0.497 e. The molecule has 2 aliphatic rings. The fourth-order valence-electron chi connectivity index (χ4n) is 3.39. The van der Waals surface area contributed by atoms with Crippen molar-refractivity contribution in [3.63, 3.8) is 0 Å². The lowest BCUT2D eigenvalue weighted by Crippen LogP contribution is -2.47. The van der Waals surface area contributed by atoms with Crippen LogP contribution in [0.25, 0.3) is 0 Å². The molecule has 1 aromatic carbocycles. The Balaban J connectivity index is 1.56. The van der Waals surface area contributed by atoms with Gasteiger partial charge < -0.3 is 20.1 Å². The molecule has 3 atom stereocenters. The van der Waals surface area contributed by atoms with E-state index in [9.17, 15) is 0 Å². The number of hydrogen-bond donors (Lipinski definition) is 2. The Morgan fingerprint density at radius 1 is 1.36 bits per heavy atom. The monoisotopic (exact) mass is 303 g/mol. The van der Waals surface area contributed by atoms with E-state index in [0.717, 1.165) is 31.1 Å². The van der Waals surface area contributed by atoms with E-state index in [1.54, 1.807) is 14.2 Å². The number of aliphatic imine (C=N–C) groups is 1. The molecule has 2 heterocycles. The van der Waals surface area contributed by atoms with E-state index in [4.69, 9.17) is 9.47 Å². The number of methoxy groups -OCH3 is 1. The van der Waals surface area contributed by atoms with Gasteiger partial charge >= 0.3 is 0 Å². The summed E-state index contributed by atoms with van der Waals surface area (Å²) in [5, 5.41) is 6.87. The van der Waals surface area contributed by atoms with Crippen LogP contribution in [0.3, 0.4) is 0 Å². The van der Waals surface area contributed by atoms with Crippen LogP contribution in [0, 0.1) is 6.92 Å². The van der Waals surface area contributed by atoms with Gasteiger partial charge in [-0.3, -0.25) is 4.99 Å². The fraction of sp³-hybridized carbons (Fsp3) is 0.588. The van der Waals surface area contributed by atoms with Crippen molar-refractivity contribution in [2.24, 2.45) is 4.99 Å². The minimum absolute atomic E-state index is 0.350. The molecule has 0 saturated carbocycles. The number of guanidine groups is 1. The Hall–Kier alpha value is -1.75. The second kappa shape index (κ2) is 6.57. The quantitative estimate of drug-likeness (QED) is 0.660. The summed E-state index contributed by atoms with van der Waals surface area (Å²) in [4.78, 5) is 4.32. The Labute approximate surface area is 132 Å². The van der Waals surface area contributed by atoms with Crippen LogP contribution < -0.4 is 15.4 Å². The maximum Gasteiger partial charge on any atom is 0.191 e. The smallest absolute Gasteiger partial charge is 0.191 e. The first kappa shape index (κ1) is 15.2. The third-order valence-corrected chi connectivity index (χ3v) is 4.46. The first-order valence-corrected chi connectivity index (χ1v) is 7.95. The molecule has 2 aliphatic heterocycles. The zero-order valence-electron chi connectivity index (χ0n) is 13.6. The molecule has 0 aliphatic carbocycles. The number of hydrogen-bond acceptors (Lipinski definition) is 3. The summed E-state index contributed by atoms with van der Waals surface area (Å²) in [6.07, 6.45) is 4.25. The Morgan fingerprint density at radius 3 is 2.86 bits per heavy atom. The van der Waals surface area contributed by atoms with Gasteiger partial charge in [0.1, 0.15) is 5.75 Å². The molecule has 0 radical (unpaired) electrons. The summed E-state index contributed by atoms with van der Waals surface area (Å²) < 4.78 is 11.2. The van der Waals surface area contributed by atoms with Crippen LogP contribution in [-0.2, 0) is 11.3 Å². The number of rotatable bonds is 4. The van der Waals surface area contributed by atoms with Gasteiger partial charge in [-0.15, -0.1) is 0 Å². The highest BCUT2D eigenvalue weighted by atomic mass is 16.5. The third kappa shape index (κ3) is 3.35. The minimum Gasteiger partial charge on any atom is -0.497 e. The lowest BCUT2D eigenvalue weighted by Gasteiger charge is -2.22. The van der Waals surface area contributed by atoms with Crippen molar-refractivity contribution in [2.45, 2.75) is 51.0 Å². The molecule has 0 amide bonds. The molecule has 5 nitrogen and oxygen atoms in total.